The highest BCUT2D eigenvalue weighted by Crippen LogP contribution is 2.33. The van der Waals surface area contributed by atoms with Gasteiger partial charge in [-0.15, -0.1) is 0 Å². The van der Waals surface area contributed by atoms with Crippen LogP contribution in [0.15, 0.2) is 47.4 Å². The Balaban J connectivity index is 1.75. The Kier molecular flexibility index (Phi) is 5.76. The third-order valence-corrected chi connectivity index (χ3v) is 6.03. The number of hydrogen-bond acceptors (Lipinski definition) is 6. The van der Waals surface area contributed by atoms with E-state index in [1.807, 2.05) is 0 Å². The number of rotatable bonds is 7. The molecule has 1 saturated heterocycles. The van der Waals surface area contributed by atoms with Gasteiger partial charge in [-0.1, -0.05) is 0 Å². The van der Waals surface area contributed by atoms with E-state index in [-0.39, 0.29) is 23.8 Å². The van der Waals surface area contributed by atoms with Crippen LogP contribution in [0.25, 0.3) is 0 Å². The number of nitrogens with one attached hydrogen (secondary N) is 1. The molecule has 0 aromatic heterocycles. The summed E-state index contributed by atoms with van der Waals surface area (Å²) in [4.78, 5) is 14.1. The maximum Gasteiger partial charge on any atom is 0.240 e. The molecule has 3 rings (SSSR count). The van der Waals surface area contributed by atoms with Gasteiger partial charge in [0.2, 0.25) is 15.9 Å². The number of sulfonamides is 1. The lowest BCUT2D eigenvalue weighted by atomic mass is 10.2. The van der Waals surface area contributed by atoms with E-state index in [2.05, 4.69) is 4.72 Å². The minimum absolute atomic E-state index is 0.0731. The van der Waals surface area contributed by atoms with Gasteiger partial charge in [-0.25, -0.2) is 13.1 Å². The van der Waals surface area contributed by atoms with Crippen molar-refractivity contribution in [3.05, 3.63) is 42.5 Å². The Bertz CT molecular complexity index is 959. The summed E-state index contributed by atoms with van der Waals surface area (Å²) in [7, 11) is 0.802. The highest BCUT2D eigenvalue weighted by molar-refractivity contribution is 7.89. The maximum absolute atomic E-state index is 12.6. The van der Waals surface area contributed by atoms with Crippen LogP contribution in [0.4, 0.5) is 5.69 Å². The van der Waals surface area contributed by atoms with E-state index >= 15 is 0 Å². The third-order valence-electron chi connectivity index (χ3n) is 4.50. The predicted molar refractivity (Wildman–Crippen MR) is 104 cm³/mol. The van der Waals surface area contributed by atoms with E-state index in [0.717, 1.165) is 0 Å². The molecule has 2 aromatic rings. The minimum Gasteiger partial charge on any atom is -0.497 e. The number of carbonyl (C=O) groups is 1. The zero-order valence-electron chi connectivity index (χ0n) is 15.8. The van der Waals surface area contributed by atoms with Crippen molar-refractivity contribution in [2.75, 3.05) is 32.8 Å². The summed E-state index contributed by atoms with van der Waals surface area (Å²) in [5.41, 5.74) is 0.619. The SMILES string of the molecule is COc1ccc(S(=O)(=O)NC2CC(=O)N(c3ccc(OC)c(OC)c3)C2)cc1. The minimum atomic E-state index is -3.75. The van der Waals surface area contributed by atoms with Gasteiger partial charge in [-0.3, -0.25) is 4.79 Å². The molecule has 1 heterocycles. The van der Waals surface area contributed by atoms with Crippen molar-refractivity contribution in [2.24, 2.45) is 0 Å². The predicted octanol–water partition coefficient (Wildman–Crippen LogP) is 1.80. The lowest BCUT2D eigenvalue weighted by Gasteiger charge is -2.19. The first kappa shape index (κ1) is 20.0. The maximum atomic E-state index is 12.6. The molecule has 0 radical (unpaired) electrons. The van der Waals surface area contributed by atoms with E-state index in [1.54, 1.807) is 30.3 Å². The summed E-state index contributed by atoms with van der Waals surface area (Å²) in [5, 5.41) is 0. The Morgan fingerprint density at radius 2 is 1.64 bits per heavy atom. The molecular formula is C19H22N2O6S. The van der Waals surface area contributed by atoms with Crippen LogP contribution >= 0.6 is 0 Å². The van der Waals surface area contributed by atoms with Gasteiger partial charge in [0.1, 0.15) is 5.75 Å². The molecule has 9 heteroatoms. The van der Waals surface area contributed by atoms with Gasteiger partial charge in [0.05, 0.1) is 26.2 Å². The molecular weight excluding hydrogens is 384 g/mol. The summed E-state index contributed by atoms with van der Waals surface area (Å²) in [6, 6.07) is 10.7. The number of anilines is 1. The fourth-order valence-corrected chi connectivity index (χ4v) is 4.30. The lowest BCUT2D eigenvalue weighted by molar-refractivity contribution is -0.117. The quantitative estimate of drug-likeness (QED) is 0.754. The van der Waals surface area contributed by atoms with Gasteiger partial charge in [0.15, 0.2) is 11.5 Å². The van der Waals surface area contributed by atoms with Crippen LogP contribution in [-0.4, -0.2) is 48.2 Å². The molecule has 28 heavy (non-hydrogen) atoms. The molecule has 150 valence electrons. The third kappa shape index (κ3) is 4.05. The molecule has 1 aliphatic heterocycles. The highest BCUT2D eigenvalue weighted by atomic mass is 32.2. The standard InChI is InChI=1S/C19H22N2O6S/c1-25-15-5-7-16(8-6-15)28(23,24)20-13-10-19(22)21(12-13)14-4-9-17(26-2)18(11-14)27-3/h4-9,11,13,20H,10,12H2,1-3H3. The second-order valence-electron chi connectivity index (χ2n) is 6.24. The van der Waals surface area contributed by atoms with Gasteiger partial charge >= 0.3 is 0 Å². The van der Waals surface area contributed by atoms with E-state index in [0.29, 0.717) is 22.9 Å². The number of amides is 1. The van der Waals surface area contributed by atoms with E-state index in [4.69, 9.17) is 14.2 Å². The molecule has 0 aliphatic carbocycles. The number of hydrogen-bond donors (Lipinski definition) is 1. The second kappa shape index (κ2) is 8.07. The van der Waals surface area contributed by atoms with Gasteiger partial charge in [-0.2, -0.15) is 0 Å². The van der Waals surface area contributed by atoms with Crippen LogP contribution in [-0.2, 0) is 14.8 Å². The summed E-state index contributed by atoms with van der Waals surface area (Å²) in [6.45, 7) is 0.226. The smallest absolute Gasteiger partial charge is 0.240 e. The molecule has 1 amide bonds. The molecule has 0 spiro atoms. The van der Waals surface area contributed by atoms with E-state index < -0.39 is 16.1 Å². The van der Waals surface area contributed by atoms with Crippen molar-refractivity contribution in [1.82, 2.24) is 4.72 Å². The number of methoxy groups -OCH3 is 3. The van der Waals surface area contributed by atoms with Crippen LogP contribution in [0.5, 0.6) is 17.2 Å². The Morgan fingerprint density at radius 3 is 2.25 bits per heavy atom. The topological polar surface area (TPSA) is 94.2 Å². The van der Waals surface area contributed by atoms with Crippen LogP contribution < -0.4 is 23.8 Å². The summed E-state index contributed by atoms with van der Waals surface area (Å²) < 4.78 is 43.3. The lowest BCUT2D eigenvalue weighted by Crippen LogP contribution is -2.37. The van der Waals surface area contributed by atoms with Crippen molar-refractivity contribution in [3.8, 4) is 17.2 Å². The average Bonchev–Trinajstić information content (AvgIpc) is 3.06. The van der Waals surface area contributed by atoms with E-state index in [9.17, 15) is 13.2 Å². The van der Waals surface area contributed by atoms with Crippen LogP contribution in [0.1, 0.15) is 6.42 Å². The van der Waals surface area contributed by atoms with Gasteiger partial charge in [-0.05, 0) is 36.4 Å². The number of carbonyl (C=O) groups excluding carboxylic acids is 1. The fourth-order valence-electron chi connectivity index (χ4n) is 3.07. The monoisotopic (exact) mass is 406 g/mol. The molecule has 1 fully saturated rings. The average molecular weight is 406 g/mol. The molecule has 1 unspecified atom stereocenters. The fraction of sp³-hybridized carbons (Fsp3) is 0.316. The highest BCUT2D eigenvalue weighted by Gasteiger charge is 2.34. The molecule has 0 bridgehead atoms. The van der Waals surface area contributed by atoms with Gasteiger partial charge in [0.25, 0.3) is 0 Å². The van der Waals surface area contributed by atoms with E-state index in [1.165, 1.54) is 38.4 Å². The van der Waals surface area contributed by atoms with Gasteiger partial charge in [0, 0.05) is 30.8 Å². The van der Waals surface area contributed by atoms with Gasteiger partial charge < -0.3 is 19.1 Å². The Morgan fingerprint density at radius 1 is 0.964 bits per heavy atom. The van der Waals surface area contributed by atoms with Crippen molar-refractivity contribution in [2.45, 2.75) is 17.4 Å². The normalized spacial score (nSPS) is 16.9. The zero-order valence-corrected chi connectivity index (χ0v) is 16.7. The molecule has 8 nitrogen and oxygen atoms in total. The van der Waals surface area contributed by atoms with Crippen molar-refractivity contribution < 1.29 is 27.4 Å². The summed E-state index contributed by atoms with van der Waals surface area (Å²) >= 11 is 0. The summed E-state index contributed by atoms with van der Waals surface area (Å²) in [5.74, 6) is 1.44. The first-order valence-electron chi connectivity index (χ1n) is 8.56. The van der Waals surface area contributed by atoms with Crippen molar-refractivity contribution in [1.29, 1.82) is 0 Å². The number of benzene rings is 2. The molecule has 2 aromatic carbocycles. The van der Waals surface area contributed by atoms with Crippen LogP contribution in [0, 0.1) is 0 Å². The van der Waals surface area contributed by atoms with Crippen molar-refractivity contribution >= 4 is 21.6 Å². The summed E-state index contributed by atoms with van der Waals surface area (Å²) in [6.07, 6.45) is 0.0731. The van der Waals surface area contributed by atoms with Crippen LogP contribution in [0.3, 0.4) is 0 Å². The zero-order chi connectivity index (χ0) is 20.3. The Labute approximate surface area is 164 Å². The first-order chi connectivity index (χ1) is 13.4. The number of ether oxygens (including phenoxy) is 3. The molecule has 1 aliphatic rings. The van der Waals surface area contributed by atoms with Crippen molar-refractivity contribution in [3.63, 3.8) is 0 Å². The number of nitrogens with zero attached hydrogens (tertiary/aromatic N) is 1. The first-order valence-corrected chi connectivity index (χ1v) is 10.0. The Hall–Kier alpha value is -2.78. The van der Waals surface area contributed by atoms with Crippen LogP contribution in [0.2, 0.25) is 0 Å². The largest absolute Gasteiger partial charge is 0.497 e. The molecule has 0 saturated carbocycles. The second-order valence-corrected chi connectivity index (χ2v) is 7.96. The molecule has 1 N–H and O–H groups in total. The molecule has 1 atom stereocenters.